The van der Waals surface area contributed by atoms with Gasteiger partial charge >= 0.3 is 11.9 Å². The van der Waals surface area contributed by atoms with Crippen LogP contribution in [0.4, 0.5) is 0 Å². The van der Waals surface area contributed by atoms with Crippen molar-refractivity contribution in [1.29, 1.82) is 0 Å². The fraction of sp³-hybridized carbons (Fsp3) is 0.917. The fourth-order valence-electron chi connectivity index (χ4n) is 2.72. The predicted octanol–water partition coefficient (Wildman–Crippen LogP) is 6.14. The molecule has 0 saturated carbocycles. The Kier molecular flexibility index (Phi) is 25.9. The second-order valence-electron chi connectivity index (χ2n) is 7.39. The van der Waals surface area contributed by atoms with Crippen molar-refractivity contribution in [2.24, 2.45) is 0 Å². The highest BCUT2D eigenvalue weighted by Crippen LogP contribution is 2.10. The van der Waals surface area contributed by atoms with E-state index in [0.717, 1.165) is 64.2 Å². The molecule has 0 aliphatic rings. The minimum Gasteiger partial charge on any atom is -0.466 e. The molecule has 0 N–H and O–H groups in total. The van der Waals surface area contributed by atoms with Crippen LogP contribution in [-0.2, 0) is 19.1 Å². The molecule has 0 aromatic heterocycles. The summed E-state index contributed by atoms with van der Waals surface area (Å²) in [7, 11) is 0. The third-order valence-electron chi connectivity index (χ3n) is 4.88. The summed E-state index contributed by atoms with van der Waals surface area (Å²) >= 11 is 0. The summed E-state index contributed by atoms with van der Waals surface area (Å²) in [5, 5.41) is 0. The third-order valence-corrected chi connectivity index (χ3v) is 4.88. The number of rotatable bonds is 18. The molecule has 0 saturated heterocycles. The summed E-state index contributed by atoms with van der Waals surface area (Å²) in [5.41, 5.74) is 0. The van der Waals surface area contributed by atoms with Gasteiger partial charge in [0.2, 0.25) is 0 Å². The van der Waals surface area contributed by atoms with Crippen LogP contribution < -0.4 is 0 Å². The van der Waals surface area contributed by atoms with Crippen molar-refractivity contribution in [3.05, 3.63) is 0 Å². The Balaban J connectivity index is 0. The Morgan fingerprint density at radius 2 is 0.897 bits per heavy atom. The highest BCUT2D eigenvalue weighted by atomic mass is 16.5. The molecule has 29 heavy (non-hydrogen) atoms. The molecule has 0 spiro atoms. The fourth-order valence-corrected chi connectivity index (χ4v) is 2.72. The van der Waals surface area contributed by atoms with E-state index in [1.165, 1.54) is 19.6 Å². The first-order chi connectivity index (χ1) is 14.0. The average molecular weight is 416 g/mol. The van der Waals surface area contributed by atoms with E-state index >= 15 is 0 Å². The van der Waals surface area contributed by atoms with Gasteiger partial charge in [0.15, 0.2) is 0 Å². The monoisotopic (exact) mass is 415 g/mol. The highest BCUT2D eigenvalue weighted by Gasteiger charge is 2.03. The molecule has 5 nitrogen and oxygen atoms in total. The van der Waals surface area contributed by atoms with Gasteiger partial charge in [-0.05, 0) is 45.3 Å². The van der Waals surface area contributed by atoms with Crippen LogP contribution in [0.2, 0.25) is 0 Å². The van der Waals surface area contributed by atoms with Crippen molar-refractivity contribution in [1.82, 2.24) is 4.90 Å². The van der Waals surface area contributed by atoms with E-state index in [1.54, 1.807) is 0 Å². The lowest BCUT2D eigenvalue weighted by molar-refractivity contribution is -0.144. The topological polar surface area (TPSA) is 55.8 Å². The Hall–Kier alpha value is -1.10. The molecule has 0 unspecified atom stereocenters. The van der Waals surface area contributed by atoms with Crippen molar-refractivity contribution >= 4 is 11.9 Å². The molecule has 0 aromatic carbocycles. The Bertz CT molecular complexity index is 323. The van der Waals surface area contributed by atoms with Crippen LogP contribution >= 0.6 is 0 Å². The van der Waals surface area contributed by atoms with Gasteiger partial charge in [-0.3, -0.25) is 9.59 Å². The zero-order valence-electron chi connectivity index (χ0n) is 20.1. The minimum absolute atomic E-state index is 0.0664. The van der Waals surface area contributed by atoms with Gasteiger partial charge in [0.25, 0.3) is 0 Å². The maximum atomic E-state index is 11.4. The largest absolute Gasteiger partial charge is 0.466 e. The standard InChI is InChI=1S/C18H34O4.C6H15N/c1-3-5-15-21-17(19)13-11-9-7-8-10-12-14-18(20)22-16-6-4-2;1-4-7(5-2)6-3/h3-16H2,1-2H3;4-6H2,1-3H3. The zero-order chi connectivity index (χ0) is 22.2. The van der Waals surface area contributed by atoms with E-state index in [-0.39, 0.29) is 11.9 Å². The molecular formula is C24H49NO4. The number of carbonyl (C=O) groups excluding carboxylic acids is 2. The summed E-state index contributed by atoms with van der Waals surface area (Å²) < 4.78 is 10.2. The molecule has 0 atom stereocenters. The average Bonchev–Trinajstić information content (AvgIpc) is 2.72. The number of esters is 2. The lowest BCUT2D eigenvalue weighted by Gasteiger charge is -2.13. The van der Waals surface area contributed by atoms with Gasteiger partial charge in [0.1, 0.15) is 0 Å². The lowest BCUT2D eigenvalue weighted by atomic mass is 10.1. The van der Waals surface area contributed by atoms with Crippen molar-refractivity contribution in [3.8, 4) is 0 Å². The SMILES string of the molecule is CCCCOC(=O)CCCCCCCCC(=O)OCCCC.CCN(CC)CC. The van der Waals surface area contributed by atoms with Gasteiger partial charge < -0.3 is 14.4 Å². The predicted molar refractivity (Wildman–Crippen MR) is 122 cm³/mol. The summed E-state index contributed by atoms with van der Waals surface area (Å²) in [6.07, 6.45) is 11.3. The first-order valence-corrected chi connectivity index (χ1v) is 12.1. The van der Waals surface area contributed by atoms with Crippen LogP contribution in [0, 0.1) is 0 Å². The maximum Gasteiger partial charge on any atom is 0.305 e. The van der Waals surface area contributed by atoms with Crippen molar-refractivity contribution < 1.29 is 19.1 Å². The summed E-state index contributed by atoms with van der Waals surface area (Å²) in [4.78, 5) is 25.1. The first kappa shape index (κ1) is 30.1. The first-order valence-electron chi connectivity index (χ1n) is 12.1. The van der Waals surface area contributed by atoms with Gasteiger partial charge in [-0.25, -0.2) is 0 Å². The number of carbonyl (C=O) groups is 2. The quantitative estimate of drug-likeness (QED) is 0.199. The van der Waals surface area contributed by atoms with Crippen molar-refractivity contribution in [2.75, 3.05) is 32.8 Å². The molecule has 0 rings (SSSR count). The zero-order valence-corrected chi connectivity index (χ0v) is 20.1. The second kappa shape index (κ2) is 24.9. The van der Waals surface area contributed by atoms with Crippen LogP contribution in [0.25, 0.3) is 0 Å². The molecule has 5 heteroatoms. The van der Waals surface area contributed by atoms with E-state index in [9.17, 15) is 9.59 Å². The van der Waals surface area contributed by atoms with Crippen LogP contribution in [-0.4, -0.2) is 49.7 Å². The van der Waals surface area contributed by atoms with Crippen LogP contribution in [0.5, 0.6) is 0 Å². The van der Waals surface area contributed by atoms with Crippen LogP contribution in [0.3, 0.4) is 0 Å². The van der Waals surface area contributed by atoms with Crippen molar-refractivity contribution in [2.45, 2.75) is 112 Å². The molecule has 174 valence electrons. The van der Waals surface area contributed by atoms with Gasteiger partial charge in [0, 0.05) is 12.8 Å². The summed E-state index contributed by atoms with van der Waals surface area (Å²) in [6, 6.07) is 0. The smallest absolute Gasteiger partial charge is 0.305 e. The van der Waals surface area contributed by atoms with Gasteiger partial charge in [-0.15, -0.1) is 0 Å². The third kappa shape index (κ3) is 24.9. The van der Waals surface area contributed by atoms with Gasteiger partial charge in [-0.2, -0.15) is 0 Å². The summed E-state index contributed by atoms with van der Waals surface area (Å²) in [6.45, 7) is 15.4. The van der Waals surface area contributed by atoms with E-state index in [1.807, 2.05) is 0 Å². The maximum absolute atomic E-state index is 11.4. The molecule has 0 bridgehead atoms. The molecule has 0 amide bonds. The molecular weight excluding hydrogens is 366 g/mol. The molecule has 0 aliphatic carbocycles. The van der Waals surface area contributed by atoms with Crippen LogP contribution in [0.1, 0.15) is 112 Å². The van der Waals surface area contributed by atoms with Gasteiger partial charge in [-0.1, -0.05) is 73.1 Å². The molecule has 0 radical (unpaired) electrons. The molecule has 0 aliphatic heterocycles. The number of nitrogens with zero attached hydrogens (tertiary/aromatic N) is 1. The van der Waals surface area contributed by atoms with E-state index in [4.69, 9.17) is 9.47 Å². The number of hydrogen-bond donors (Lipinski definition) is 0. The second-order valence-corrected chi connectivity index (χ2v) is 7.39. The number of unbranched alkanes of at least 4 members (excludes halogenated alkanes) is 7. The normalized spacial score (nSPS) is 10.4. The Morgan fingerprint density at radius 1 is 0.552 bits per heavy atom. The minimum atomic E-state index is -0.0664. The van der Waals surface area contributed by atoms with E-state index < -0.39 is 0 Å². The highest BCUT2D eigenvalue weighted by molar-refractivity contribution is 5.69. The molecule has 0 aromatic rings. The Morgan fingerprint density at radius 3 is 1.17 bits per heavy atom. The molecule has 0 fully saturated rings. The number of ether oxygens (including phenoxy) is 2. The van der Waals surface area contributed by atoms with Gasteiger partial charge in [0.05, 0.1) is 13.2 Å². The van der Waals surface area contributed by atoms with E-state index in [2.05, 4.69) is 39.5 Å². The van der Waals surface area contributed by atoms with Crippen molar-refractivity contribution in [3.63, 3.8) is 0 Å². The van der Waals surface area contributed by atoms with E-state index in [0.29, 0.717) is 26.1 Å². The lowest BCUT2D eigenvalue weighted by Crippen LogP contribution is -2.21. The molecule has 0 heterocycles. The Labute approximate surface area is 180 Å². The van der Waals surface area contributed by atoms with Crippen LogP contribution in [0.15, 0.2) is 0 Å². The number of hydrogen-bond acceptors (Lipinski definition) is 5. The summed E-state index contributed by atoms with van der Waals surface area (Å²) in [5.74, 6) is -0.133.